The molecule has 0 heterocycles. The molecule has 0 aromatic rings. The van der Waals surface area contributed by atoms with Crippen LogP contribution in [0.2, 0.25) is 0 Å². The second-order valence-electron chi connectivity index (χ2n) is 7.35. The van der Waals surface area contributed by atoms with Crippen molar-refractivity contribution in [2.45, 2.75) is 76.2 Å². The van der Waals surface area contributed by atoms with Gasteiger partial charge < -0.3 is 10.6 Å². The van der Waals surface area contributed by atoms with Gasteiger partial charge in [0.2, 0.25) is 11.8 Å². The van der Waals surface area contributed by atoms with Crippen molar-refractivity contribution in [3.8, 4) is 0 Å². The molecule has 0 radical (unpaired) electrons. The number of carbonyl (C=O) groups excluding carboxylic acids is 2. The molecule has 2 N–H and O–H groups in total. The number of amides is 2. The molecule has 0 aromatic carbocycles. The molecule has 3 rings (SSSR count). The quantitative estimate of drug-likeness (QED) is 0.790. The van der Waals surface area contributed by atoms with Gasteiger partial charge in [-0.15, -0.1) is 0 Å². The highest BCUT2D eigenvalue weighted by molar-refractivity contribution is 5.91. The third kappa shape index (κ3) is 3.78. The molecule has 0 aliphatic heterocycles. The minimum atomic E-state index is -0.607. The molecule has 0 saturated heterocycles. The highest BCUT2D eigenvalue weighted by Gasteiger charge is 2.42. The lowest BCUT2D eigenvalue weighted by molar-refractivity contribution is -0.134. The molecule has 21 heavy (non-hydrogen) atoms. The van der Waals surface area contributed by atoms with E-state index in [1.807, 2.05) is 0 Å². The first-order chi connectivity index (χ1) is 10.2. The maximum atomic E-state index is 12.5. The molecule has 2 amide bonds. The van der Waals surface area contributed by atoms with Crippen molar-refractivity contribution in [3.05, 3.63) is 0 Å². The highest BCUT2D eigenvalue weighted by Crippen LogP contribution is 2.33. The van der Waals surface area contributed by atoms with Crippen molar-refractivity contribution in [3.63, 3.8) is 0 Å². The zero-order valence-electron chi connectivity index (χ0n) is 13.0. The maximum Gasteiger partial charge on any atom is 0.245 e. The van der Waals surface area contributed by atoms with Crippen LogP contribution in [0.1, 0.15) is 70.6 Å². The van der Waals surface area contributed by atoms with Gasteiger partial charge in [0.1, 0.15) is 5.54 Å². The molecular weight excluding hydrogens is 264 g/mol. The Labute approximate surface area is 127 Å². The Hall–Kier alpha value is -1.06. The van der Waals surface area contributed by atoms with Crippen LogP contribution in [0.4, 0.5) is 0 Å². The first-order valence-corrected chi connectivity index (χ1v) is 8.77. The normalized spacial score (nSPS) is 25.0. The largest absolute Gasteiger partial charge is 0.354 e. The predicted molar refractivity (Wildman–Crippen MR) is 81.7 cm³/mol. The fourth-order valence-electron chi connectivity index (χ4n) is 3.91. The molecule has 3 aliphatic carbocycles. The van der Waals surface area contributed by atoms with E-state index in [0.717, 1.165) is 32.2 Å². The molecule has 4 nitrogen and oxygen atoms in total. The molecule has 118 valence electrons. The third-order valence-electron chi connectivity index (χ3n) is 5.47. The van der Waals surface area contributed by atoms with E-state index in [0.29, 0.717) is 18.3 Å². The van der Waals surface area contributed by atoms with Crippen molar-refractivity contribution in [2.75, 3.05) is 6.54 Å². The second-order valence-corrected chi connectivity index (χ2v) is 7.35. The summed E-state index contributed by atoms with van der Waals surface area (Å²) in [7, 11) is 0. The fraction of sp³-hybridized carbons (Fsp3) is 0.882. The van der Waals surface area contributed by atoms with Gasteiger partial charge in [-0.25, -0.2) is 0 Å². The van der Waals surface area contributed by atoms with Gasteiger partial charge in [0.05, 0.1) is 0 Å². The van der Waals surface area contributed by atoms with Crippen LogP contribution in [0, 0.1) is 11.8 Å². The molecule has 3 fully saturated rings. The number of hydrogen-bond donors (Lipinski definition) is 2. The number of carbonyl (C=O) groups is 2. The zero-order valence-corrected chi connectivity index (χ0v) is 13.0. The van der Waals surface area contributed by atoms with Crippen molar-refractivity contribution in [2.24, 2.45) is 11.8 Å². The van der Waals surface area contributed by atoms with E-state index in [4.69, 9.17) is 0 Å². The van der Waals surface area contributed by atoms with E-state index in [2.05, 4.69) is 10.6 Å². The summed E-state index contributed by atoms with van der Waals surface area (Å²) in [5, 5.41) is 6.18. The zero-order chi connectivity index (χ0) is 14.7. The molecule has 4 heteroatoms. The average molecular weight is 292 g/mol. The van der Waals surface area contributed by atoms with E-state index in [-0.39, 0.29) is 11.8 Å². The van der Waals surface area contributed by atoms with Gasteiger partial charge in [-0.05, 0) is 50.4 Å². The summed E-state index contributed by atoms with van der Waals surface area (Å²) in [6, 6.07) is 0. The van der Waals surface area contributed by atoms with Crippen LogP contribution in [-0.4, -0.2) is 23.9 Å². The summed E-state index contributed by atoms with van der Waals surface area (Å²) in [5.41, 5.74) is -0.607. The van der Waals surface area contributed by atoms with E-state index in [1.165, 1.54) is 38.5 Å². The smallest absolute Gasteiger partial charge is 0.245 e. The summed E-state index contributed by atoms with van der Waals surface area (Å²) >= 11 is 0. The average Bonchev–Trinajstić information content (AvgIpc) is 2.93. The first-order valence-electron chi connectivity index (χ1n) is 8.77. The van der Waals surface area contributed by atoms with Crippen LogP contribution in [0.15, 0.2) is 0 Å². The third-order valence-corrected chi connectivity index (χ3v) is 5.47. The van der Waals surface area contributed by atoms with Crippen molar-refractivity contribution in [1.29, 1.82) is 0 Å². The fourth-order valence-corrected chi connectivity index (χ4v) is 3.91. The Bertz CT molecular complexity index is 392. The molecule has 3 saturated carbocycles. The first kappa shape index (κ1) is 14.9. The van der Waals surface area contributed by atoms with E-state index < -0.39 is 5.54 Å². The van der Waals surface area contributed by atoms with E-state index in [1.54, 1.807) is 0 Å². The summed E-state index contributed by atoms with van der Waals surface area (Å²) in [6.45, 7) is 0.791. The molecule has 0 spiro atoms. The van der Waals surface area contributed by atoms with Gasteiger partial charge in [0.25, 0.3) is 0 Å². The predicted octanol–water partition coefficient (Wildman–Crippen LogP) is 2.52. The lowest BCUT2D eigenvalue weighted by atomic mass is 9.94. The minimum Gasteiger partial charge on any atom is -0.354 e. The summed E-state index contributed by atoms with van der Waals surface area (Å²) in [4.78, 5) is 24.9. The molecule has 3 aliphatic rings. The monoisotopic (exact) mass is 292 g/mol. The van der Waals surface area contributed by atoms with Crippen LogP contribution in [-0.2, 0) is 9.59 Å². The molecule has 0 aromatic heterocycles. The summed E-state index contributed by atoms with van der Waals surface area (Å²) in [5.74, 6) is 1.37. The SMILES string of the molecule is O=C(CC1CCCC1)NC1(C(=O)NCC2CC2)CCCC1. The second kappa shape index (κ2) is 6.37. The number of rotatable bonds is 6. The van der Waals surface area contributed by atoms with Crippen molar-refractivity contribution in [1.82, 2.24) is 10.6 Å². The lowest BCUT2D eigenvalue weighted by Gasteiger charge is -2.29. The van der Waals surface area contributed by atoms with Gasteiger partial charge in [0.15, 0.2) is 0 Å². The van der Waals surface area contributed by atoms with Crippen LogP contribution in [0.5, 0.6) is 0 Å². The van der Waals surface area contributed by atoms with Gasteiger partial charge in [-0.2, -0.15) is 0 Å². The van der Waals surface area contributed by atoms with Crippen molar-refractivity contribution >= 4 is 11.8 Å². The molecular formula is C17H28N2O2. The number of nitrogens with one attached hydrogen (secondary N) is 2. The Morgan fingerprint density at radius 3 is 2.19 bits per heavy atom. The Morgan fingerprint density at radius 2 is 1.57 bits per heavy atom. The summed E-state index contributed by atoms with van der Waals surface area (Å²) in [6.07, 6.45) is 11.6. The van der Waals surface area contributed by atoms with Crippen LogP contribution >= 0.6 is 0 Å². The Kier molecular flexibility index (Phi) is 4.51. The van der Waals surface area contributed by atoms with Gasteiger partial charge >= 0.3 is 0 Å². The van der Waals surface area contributed by atoms with E-state index >= 15 is 0 Å². The molecule has 0 atom stereocenters. The van der Waals surface area contributed by atoms with Crippen molar-refractivity contribution < 1.29 is 9.59 Å². The van der Waals surface area contributed by atoms with Gasteiger partial charge in [-0.3, -0.25) is 9.59 Å². The molecule has 0 unspecified atom stereocenters. The van der Waals surface area contributed by atoms with Gasteiger partial charge in [-0.1, -0.05) is 25.7 Å². The van der Waals surface area contributed by atoms with Gasteiger partial charge in [0, 0.05) is 13.0 Å². The highest BCUT2D eigenvalue weighted by atomic mass is 16.2. The van der Waals surface area contributed by atoms with E-state index in [9.17, 15) is 9.59 Å². The van der Waals surface area contributed by atoms with Crippen LogP contribution < -0.4 is 10.6 Å². The lowest BCUT2D eigenvalue weighted by Crippen LogP contribution is -2.57. The number of hydrogen-bond acceptors (Lipinski definition) is 2. The Balaban J connectivity index is 1.54. The topological polar surface area (TPSA) is 58.2 Å². The van der Waals surface area contributed by atoms with Crippen LogP contribution in [0.3, 0.4) is 0 Å². The maximum absolute atomic E-state index is 12.5. The molecule has 0 bridgehead atoms. The summed E-state index contributed by atoms with van der Waals surface area (Å²) < 4.78 is 0. The standard InChI is InChI=1S/C17H28N2O2/c20-15(11-13-5-1-2-6-13)19-17(9-3-4-10-17)16(21)18-12-14-7-8-14/h13-14H,1-12H2,(H,18,21)(H,19,20). The minimum absolute atomic E-state index is 0.0617. The van der Waals surface area contributed by atoms with Crippen LogP contribution in [0.25, 0.3) is 0 Å². The Morgan fingerprint density at radius 1 is 0.905 bits per heavy atom.